The molecule has 0 radical (unpaired) electrons. The van der Waals surface area contributed by atoms with Crippen LogP contribution in [0.25, 0.3) is 10.9 Å². The van der Waals surface area contributed by atoms with E-state index < -0.39 is 78.7 Å². The SMILES string of the molecule is COc1cc(C(=O)N2CCNC(=O)[C@@H](Cc3ccccc3)NC(=O)[C@H](CO)NC(=O)[C@H](C)NC(=O)[C@@H](C(C)C)NC(=O)C2)c2ccccc2n1. The largest absolute Gasteiger partial charge is 0.481 e. The zero-order valence-electron chi connectivity index (χ0n) is 28.4. The Bertz CT molecular complexity index is 1720. The monoisotopic (exact) mass is 689 g/mol. The highest BCUT2D eigenvalue weighted by molar-refractivity contribution is 6.07. The molecule has 15 nitrogen and oxygen atoms in total. The van der Waals surface area contributed by atoms with Crippen molar-refractivity contribution in [1.82, 2.24) is 36.5 Å². The predicted molar refractivity (Wildman–Crippen MR) is 183 cm³/mol. The Hall–Kier alpha value is -5.57. The van der Waals surface area contributed by atoms with Crippen molar-refractivity contribution in [3.05, 3.63) is 71.8 Å². The summed E-state index contributed by atoms with van der Waals surface area (Å²) in [6, 6.07) is 12.5. The smallest absolute Gasteiger partial charge is 0.255 e. The number of fused-ring (bicyclic) bond motifs is 1. The van der Waals surface area contributed by atoms with E-state index in [1.54, 1.807) is 68.4 Å². The van der Waals surface area contributed by atoms with E-state index in [4.69, 9.17) is 4.74 Å². The molecule has 1 fully saturated rings. The van der Waals surface area contributed by atoms with Gasteiger partial charge in [0.1, 0.15) is 24.2 Å². The molecular weight excluding hydrogens is 646 g/mol. The summed E-state index contributed by atoms with van der Waals surface area (Å²) in [5.74, 6) is -4.31. The topological polar surface area (TPSA) is 208 Å². The van der Waals surface area contributed by atoms with Crippen LogP contribution >= 0.6 is 0 Å². The van der Waals surface area contributed by atoms with Crippen LogP contribution in [-0.2, 0) is 30.4 Å². The summed E-state index contributed by atoms with van der Waals surface area (Å²) in [7, 11) is 1.42. The Morgan fingerprint density at radius 1 is 0.900 bits per heavy atom. The summed E-state index contributed by atoms with van der Waals surface area (Å²) in [5, 5.41) is 23.4. The maximum absolute atomic E-state index is 14.2. The Morgan fingerprint density at radius 2 is 1.58 bits per heavy atom. The number of nitrogens with zero attached hydrogens (tertiary/aromatic N) is 2. The Kier molecular flexibility index (Phi) is 12.8. The molecule has 6 N–H and O–H groups in total. The van der Waals surface area contributed by atoms with Crippen LogP contribution in [0.15, 0.2) is 60.7 Å². The first kappa shape index (κ1) is 37.3. The fraction of sp³-hybridized carbons (Fsp3) is 0.400. The number of hydrogen-bond donors (Lipinski definition) is 6. The van der Waals surface area contributed by atoms with Crippen molar-refractivity contribution >= 4 is 46.3 Å². The Balaban J connectivity index is 1.70. The maximum Gasteiger partial charge on any atom is 0.255 e. The number of methoxy groups -OCH3 is 1. The highest BCUT2D eigenvalue weighted by Crippen LogP contribution is 2.23. The van der Waals surface area contributed by atoms with E-state index in [1.807, 2.05) is 0 Å². The van der Waals surface area contributed by atoms with Gasteiger partial charge >= 0.3 is 0 Å². The van der Waals surface area contributed by atoms with E-state index in [0.717, 1.165) is 5.56 Å². The first-order chi connectivity index (χ1) is 23.9. The fourth-order valence-corrected chi connectivity index (χ4v) is 5.41. The van der Waals surface area contributed by atoms with E-state index in [-0.39, 0.29) is 31.0 Å². The summed E-state index contributed by atoms with van der Waals surface area (Å²) >= 11 is 0. The molecule has 0 unspecified atom stereocenters. The van der Waals surface area contributed by atoms with Crippen molar-refractivity contribution < 1.29 is 38.6 Å². The molecule has 0 spiro atoms. The molecular formula is C35H43N7O8. The average Bonchev–Trinajstić information content (AvgIpc) is 3.10. The minimum absolute atomic E-state index is 0.0708. The van der Waals surface area contributed by atoms with Gasteiger partial charge in [0.2, 0.25) is 35.4 Å². The van der Waals surface area contributed by atoms with Crippen LogP contribution in [0.3, 0.4) is 0 Å². The molecule has 1 aliphatic rings. The first-order valence-corrected chi connectivity index (χ1v) is 16.3. The number of aliphatic hydroxyl groups excluding tert-OH is 1. The lowest BCUT2D eigenvalue weighted by atomic mass is 10.0. The second kappa shape index (κ2) is 17.2. The van der Waals surface area contributed by atoms with Crippen molar-refractivity contribution in [2.45, 2.75) is 51.4 Å². The van der Waals surface area contributed by atoms with Crippen LogP contribution in [0.2, 0.25) is 0 Å². The molecule has 2 heterocycles. The van der Waals surface area contributed by atoms with Crippen molar-refractivity contribution in [1.29, 1.82) is 0 Å². The minimum Gasteiger partial charge on any atom is -0.481 e. The lowest BCUT2D eigenvalue weighted by molar-refractivity contribution is -0.135. The molecule has 3 aromatic rings. The number of aromatic nitrogens is 1. The van der Waals surface area contributed by atoms with E-state index in [9.17, 15) is 33.9 Å². The third kappa shape index (κ3) is 9.53. The van der Waals surface area contributed by atoms with Crippen LogP contribution in [0.5, 0.6) is 5.88 Å². The molecule has 0 bridgehead atoms. The number of carbonyl (C=O) groups is 6. The standard InChI is InChI=1S/C35H43N7O8/c1-20(2)30-34(48)37-21(3)31(45)40-27(19-43)33(47)39-26(16-22-10-6-5-7-11-22)32(46)36-14-15-42(18-28(44)41-30)35(49)24-17-29(50-4)38-25-13-9-8-12-23(24)25/h5-13,17,20-21,26-27,30,43H,14-16,18-19H2,1-4H3,(H,36,46)(H,37,48)(H,39,47)(H,40,45)(H,41,44)/t21-,26+,27-,30+/m0/s1. The molecule has 15 heteroatoms. The molecule has 1 aliphatic heterocycles. The van der Waals surface area contributed by atoms with Gasteiger partial charge in [0.05, 0.1) is 31.3 Å². The number of ether oxygens (including phenoxy) is 1. The summed E-state index contributed by atoms with van der Waals surface area (Å²) in [6.07, 6.45) is 0.0708. The van der Waals surface area contributed by atoms with Crippen LogP contribution in [0.4, 0.5) is 0 Å². The quantitative estimate of drug-likeness (QED) is 0.200. The van der Waals surface area contributed by atoms with Crippen LogP contribution < -0.4 is 31.3 Å². The average molecular weight is 690 g/mol. The molecule has 0 saturated carbocycles. The normalized spacial score (nSPS) is 21.6. The Morgan fingerprint density at radius 3 is 2.26 bits per heavy atom. The summed E-state index contributed by atoms with van der Waals surface area (Å²) in [6.45, 7) is 3.27. The molecule has 4 atom stereocenters. The van der Waals surface area contributed by atoms with Crippen molar-refractivity contribution in [3.63, 3.8) is 0 Å². The van der Waals surface area contributed by atoms with E-state index >= 15 is 0 Å². The predicted octanol–water partition coefficient (Wildman–Crippen LogP) is -0.334. The third-order valence-corrected chi connectivity index (χ3v) is 8.18. The van der Waals surface area contributed by atoms with Gasteiger partial charge in [0, 0.05) is 31.0 Å². The number of benzene rings is 2. The highest BCUT2D eigenvalue weighted by atomic mass is 16.5. The van der Waals surface area contributed by atoms with Crippen molar-refractivity contribution in [2.24, 2.45) is 5.92 Å². The summed E-state index contributed by atoms with van der Waals surface area (Å²) < 4.78 is 5.33. The van der Waals surface area contributed by atoms with Crippen LogP contribution in [0.1, 0.15) is 36.7 Å². The van der Waals surface area contributed by atoms with Gasteiger partial charge < -0.3 is 41.3 Å². The van der Waals surface area contributed by atoms with Gasteiger partial charge in [-0.15, -0.1) is 0 Å². The fourth-order valence-electron chi connectivity index (χ4n) is 5.41. The van der Waals surface area contributed by atoms with Gasteiger partial charge in [-0.25, -0.2) is 4.98 Å². The molecule has 50 heavy (non-hydrogen) atoms. The lowest BCUT2D eigenvalue weighted by Gasteiger charge is -2.28. The molecule has 6 amide bonds. The van der Waals surface area contributed by atoms with Crippen LogP contribution in [-0.4, -0.2) is 108 Å². The third-order valence-electron chi connectivity index (χ3n) is 8.18. The van der Waals surface area contributed by atoms with E-state index in [1.165, 1.54) is 25.0 Å². The number of carbonyl (C=O) groups excluding carboxylic acids is 6. The Labute approximate surface area is 289 Å². The number of hydrogen-bond acceptors (Lipinski definition) is 9. The zero-order valence-corrected chi connectivity index (χ0v) is 28.4. The van der Waals surface area contributed by atoms with Gasteiger partial charge in [-0.1, -0.05) is 62.4 Å². The van der Waals surface area contributed by atoms with Gasteiger partial charge in [-0.05, 0) is 24.5 Å². The van der Waals surface area contributed by atoms with Gasteiger partial charge in [0.25, 0.3) is 5.91 Å². The van der Waals surface area contributed by atoms with Gasteiger partial charge in [0.15, 0.2) is 0 Å². The van der Waals surface area contributed by atoms with Gasteiger partial charge in [-0.3, -0.25) is 28.8 Å². The number of pyridine rings is 1. The number of para-hydroxylation sites is 1. The first-order valence-electron chi connectivity index (χ1n) is 16.3. The van der Waals surface area contributed by atoms with E-state index in [0.29, 0.717) is 10.9 Å². The molecule has 1 aromatic heterocycles. The molecule has 0 aliphatic carbocycles. The maximum atomic E-state index is 14.2. The summed E-state index contributed by atoms with van der Waals surface area (Å²) in [5.41, 5.74) is 1.42. The van der Waals surface area contributed by atoms with Crippen molar-refractivity contribution in [2.75, 3.05) is 33.4 Å². The van der Waals surface area contributed by atoms with Crippen LogP contribution in [0, 0.1) is 5.92 Å². The number of nitrogens with one attached hydrogen (secondary N) is 5. The van der Waals surface area contributed by atoms with Crippen molar-refractivity contribution in [3.8, 4) is 5.88 Å². The highest BCUT2D eigenvalue weighted by Gasteiger charge is 2.32. The minimum atomic E-state index is -1.44. The number of amides is 6. The molecule has 2 aromatic carbocycles. The lowest BCUT2D eigenvalue weighted by Crippen LogP contribution is -2.60. The second-order valence-corrected chi connectivity index (χ2v) is 12.3. The molecule has 266 valence electrons. The van der Waals surface area contributed by atoms with Gasteiger partial charge in [-0.2, -0.15) is 0 Å². The number of rotatable bonds is 6. The second-order valence-electron chi connectivity index (χ2n) is 12.3. The zero-order chi connectivity index (χ0) is 36.4. The number of aliphatic hydroxyl groups is 1. The molecule has 1 saturated heterocycles. The molecule has 4 rings (SSSR count). The summed E-state index contributed by atoms with van der Waals surface area (Å²) in [4.78, 5) is 86.4. The van der Waals surface area contributed by atoms with E-state index in [2.05, 4.69) is 31.6 Å².